The van der Waals surface area contributed by atoms with Crippen molar-refractivity contribution in [3.05, 3.63) is 78.2 Å². The summed E-state index contributed by atoms with van der Waals surface area (Å²) >= 11 is 0. The molecule has 3 heterocycles. The highest BCUT2D eigenvalue weighted by Crippen LogP contribution is 2.41. The maximum absolute atomic E-state index is 6.55. The number of hydrogen-bond acceptors (Lipinski definition) is 3. The number of furan rings is 2. The fourth-order valence-corrected chi connectivity index (χ4v) is 5.09. The van der Waals surface area contributed by atoms with E-state index >= 15 is 0 Å². The Morgan fingerprint density at radius 2 is 1.56 bits per heavy atom. The summed E-state index contributed by atoms with van der Waals surface area (Å²) in [6, 6.07) is 21.5. The summed E-state index contributed by atoms with van der Waals surface area (Å²) in [7, 11) is 0. The highest BCUT2D eigenvalue weighted by atomic mass is 16.4. The summed E-state index contributed by atoms with van der Waals surface area (Å²) < 4.78 is 12.8. The van der Waals surface area contributed by atoms with Gasteiger partial charge in [-0.05, 0) is 58.0 Å². The largest absolute Gasteiger partial charge is 0.457 e. The molecular formula is C31H29NO2. The zero-order valence-corrected chi connectivity index (χ0v) is 20.4. The van der Waals surface area contributed by atoms with E-state index in [9.17, 15) is 0 Å². The van der Waals surface area contributed by atoms with Crippen LogP contribution in [0.5, 0.6) is 0 Å². The van der Waals surface area contributed by atoms with Crippen molar-refractivity contribution in [1.82, 2.24) is 4.98 Å². The van der Waals surface area contributed by atoms with Crippen LogP contribution < -0.4 is 0 Å². The third-order valence-electron chi connectivity index (χ3n) is 6.64. The number of pyridine rings is 1. The van der Waals surface area contributed by atoms with E-state index in [1.54, 1.807) is 0 Å². The first-order valence-electron chi connectivity index (χ1n) is 12.1. The second-order valence-electron chi connectivity index (χ2n) is 10.8. The van der Waals surface area contributed by atoms with E-state index in [-0.39, 0.29) is 5.41 Å². The SMILES string of the molecule is CC(C)Cc1cc2ccc3c4ccnc(-c5cc(C(C)(C)C)c6ccccc6c5)c4oc3c2o1. The quantitative estimate of drug-likeness (QED) is 0.272. The second-order valence-corrected chi connectivity index (χ2v) is 10.8. The molecule has 0 spiro atoms. The van der Waals surface area contributed by atoms with Gasteiger partial charge in [-0.2, -0.15) is 0 Å². The number of nitrogens with zero attached hydrogens (tertiary/aromatic N) is 1. The number of benzene rings is 3. The lowest BCUT2D eigenvalue weighted by molar-refractivity contribution is 0.497. The van der Waals surface area contributed by atoms with Gasteiger partial charge in [0.15, 0.2) is 16.7 Å². The second kappa shape index (κ2) is 7.46. The van der Waals surface area contributed by atoms with Gasteiger partial charge in [-0.3, -0.25) is 4.98 Å². The van der Waals surface area contributed by atoms with E-state index in [4.69, 9.17) is 13.8 Å². The first-order valence-corrected chi connectivity index (χ1v) is 12.1. The van der Waals surface area contributed by atoms with Gasteiger partial charge in [0.25, 0.3) is 0 Å². The number of aromatic nitrogens is 1. The third kappa shape index (κ3) is 3.30. The van der Waals surface area contributed by atoms with Gasteiger partial charge in [-0.1, -0.05) is 65.0 Å². The van der Waals surface area contributed by atoms with Crippen LogP contribution in [0.1, 0.15) is 45.9 Å². The molecule has 0 atom stereocenters. The summed E-state index contributed by atoms with van der Waals surface area (Å²) in [5.74, 6) is 1.54. The van der Waals surface area contributed by atoms with Crippen LogP contribution in [-0.4, -0.2) is 4.98 Å². The molecule has 0 aliphatic heterocycles. The number of hydrogen-bond donors (Lipinski definition) is 0. The molecule has 0 fully saturated rings. The average molecular weight is 448 g/mol. The monoisotopic (exact) mass is 447 g/mol. The topological polar surface area (TPSA) is 39.2 Å². The van der Waals surface area contributed by atoms with Crippen LogP contribution in [0.2, 0.25) is 0 Å². The highest BCUT2D eigenvalue weighted by Gasteiger charge is 2.21. The standard InChI is InChI=1S/C31H29NO2/c1-18(2)14-22-16-20-10-11-24-25-12-13-32-27(29(25)34-30(24)28(20)33-22)21-15-19-8-6-7-9-23(19)26(17-21)31(3,4)5/h6-13,15-18H,14H2,1-5H3. The van der Waals surface area contributed by atoms with Crippen molar-refractivity contribution in [1.29, 1.82) is 0 Å². The minimum absolute atomic E-state index is 0.00450. The first kappa shape index (κ1) is 21.0. The molecule has 0 aliphatic rings. The van der Waals surface area contributed by atoms with Gasteiger partial charge in [-0.15, -0.1) is 0 Å². The highest BCUT2D eigenvalue weighted by molar-refractivity contribution is 6.15. The summed E-state index contributed by atoms with van der Waals surface area (Å²) in [6.07, 6.45) is 2.80. The van der Waals surface area contributed by atoms with E-state index in [0.29, 0.717) is 5.92 Å². The minimum atomic E-state index is 0.00450. The molecule has 0 N–H and O–H groups in total. The van der Waals surface area contributed by atoms with Crippen molar-refractivity contribution in [3.63, 3.8) is 0 Å². The van der Waals surface area contributed by atoms with E-state index in [1.165, 1.54) is 16.3 Å². The molecule has 6 aromatic rings. The van der Waals surface area contributed by atoms with Crippen LogP contribution >= 0.6 is 0 Å². The smallest absolute Gasteiger partial charge is 0.178 e. The van der Waals surface area contributed by atoms with Gasteiger partial charge in [0.05, 0.1) is 0 Å². The Morgan fingerprint density at radius 3 is 2.35 bits per heavy atom. The van der Waals surface area contributed by atoms with Gasteiger partial charge >= 0.3 is 0 Å². The number of rotatable bonds is 3. The molecule has 170 valence electrons. The molecule has 0 amide bonds. The predicted molar refractivity (Wildman–Crippen MR) is 141 cm³/mol. The summed E-state index contributed by atoms with van der Waals surface area (Å²) in [5.41, 5.74) is 5.68. The fourth-order valence-electron chi connectivity index (χ4n) is 5.09. The van der Waals surface area contributed by atoms with E-state index < -0.39 is 0 Å². The molecule has 34 heavy (non-hydrogen) atoms. The lowest BCUT2D eigenvalue weighted by Crippen LogP contribution is -2.12. The normalized spacial score (nSPS) is 12.6. The summed E-state index contributed by atoms with van der Waals surface area (Å²) in [5, 5.41) is 5.71. The van der Waals surface area contributed by atoms with Crippen LogP contribution in [0.15, 0.2) is 75.7 Å². The van der Waals surface area contributed by atoms with Crippen molar-refractivity contribution >= 4 is 43.7 Å². The first-order chi connectivity index (χ1) is 16.3. The van der Waals surface area contributed by atoms with Gasteiger partial charge in [0, 0.05) is 34.3 Å². The Morgan fingerprint density at radius 1 is 0.765 bits per heavy atom. The third-order valence-corrected chi connectivity index (χ3v) is 6.64. The average Bonchev–Trinajstić information content (AvgIpc) is 3.37. The molecule has 0 saturated heterocycles. The van der Waals surface area contributed by atoms with Crippen LogP contribution in [0, 0.1) is 5.92 Å². The molecule has 0 aliphatic carbocycles. The van der Waals surface area contributed by atoms with Gasteiger partial charge in [0.2, 0.25) is 0 Å². The molecule has 0 unspecified atom stereocenters. The molecule has 0 bridgehead atoms. The van der Waals surface area contributed by atoms with Crippen LogP contribution in [0.4, 0.5) is 0 Å². The lowest BCUT2D eigenvalue weighted by Gasteiger charge is -2.22. The maximum atomic E-state index is 6.55. The molecule has 6 rings (SSSR count). The van der Waals surface area contributed by atoms with Crippen molar-refractivity contribution < 1.29 is 8.83 Å². The Balaban J connectivity index is 1.63. The lowest BCUT2D eigenvalue weighted by atomic mass is 9.82. The maximum Gasteiger partial charge on any atom is 0.178 e. The molecule has 3 heteroatoms. The zero-order valence-electron chi connectivity index (χ0n) is 20.4. The van der Waals surface area contributed by atoms with Crippen molar-refractivity contribution in [3.8, 4) is 11.3 Å². The molecule has 0 radical (unpaired) electrons. The fraction of sp³-hybridized carbons (Fsp3) is 0.258. The zero-order chi connectivity index (χ0) is 23.6. The molecule has 0 saturated carbocycles. The van der Waals surface area contributed by atoms with Crippen molar-refractivity contribution in [2.45, 2.75) is 46.5 Å². The van der Waals surface area contributed by atoms with E-state index in [0.717, 1.165) is 56.3 Å². The Labute approximate surface area is 199 Å². The summed E-state index contributed by atoms with van der Waals surface area (Å²) in [6.45, 7) is 11.2. The molecule has 3 aromatic carbocycles. The minimum Gasteiger partial charge on any atom is -0.457 e. The van der Waals surface area contributed by atoms with Gasteiger partial charge in [0.1, 0.15) is 11.5 Å². The van der Waals surface area contributed by atoms with Gasteiger partial charge < -0.3 is 8.83 Å². The van der Waals surface area contributed by atoms with Crippen molar-refractivity contribution in [2.75, 3.05) is 0 Å². The van der Waals surface area contributed by atoms with Crippen LogP contribution in [0.3, 0.4) is 0 Å². The predicted octanol–water partition coefficient (Wildman–Crippen LogP) is 9.04. The van der Waals surface area contributed by atoms with Crippen LogP contribution in [-0.2, 0) is 11.8 Å². The summed E-state index contributed by atoms with van der Waals surface area (Å²) in [4.78, 5) is 4.80. The van der Waals surface area contributed by atoms with E-state index in [2.05, 4.69) is 89.2 Å². The Hall–Kier alpha value is -3.59. The Kier molecular flexibility index (Phi) is 4.60. The Bertz CT molecular complexity index is 1690. The molecule has 3 aromatic heterocycles. The van der Waals surface area contributed by atoms with Gasteiger partial charge in [-0.25, -0.2) is 0 Å². The van der Waals surface area contributed by atoms with E-state index in [1.807, 2.05) is 12.3 Å². The molecule has 3 nitrogen and oxygen atoms in total. The number of fused-ring (bicyclic) bond motifs is 6. The van der Waals surface area contributed by atoms with Crippen LogP contribution in [0.25, 0.3) is 54.9 Å². The van der Waals surface area contributed by atoms with Crippen molar-refractivity contribution in [2.24, 2.45) is 5.92 Å². The molecular weight excluding hydrogens is 418 g/mol.